The van der Waals surface area contributed by atoms with Crippen LogP contribution in [0.3, 0.4) is 0 Å². The Morgan fingerprint density at radius 3 is 2.67 bits per heavy atom. The van der Waals surface area contributed by atoms with Crippen LogP contribution in [0.4, 0.5) is 0 Å². The fourth-order valence-corrected chi connectivity index (χ4v) is 3.58. The van der Waals surface area contributed by atoms with Gasteiger partial charge < -0.3 is 24.8 Å². The minimum absolute atomic E-state index is 0.0301. The summed E-state index contributed by atoms with van der Waals surface area (Å²) in [6.07, 6.45) is 3.42. The molecule has 1 aliphatic rings. The molecule has 0 spiro atoms. The van der Waals surface area contributed by atoms with Crippen LogP contribution in [0, 0.1) is 0 Å². The van der Waals surface area contributed by atoms with Crippen molar-refractivity contribution in [2.75, 3.05) is 13.7 Å². The summed E-state index contributed by atoms with van der Waals surface area (Å²) in [5, 5.41) is 29.6. The van der Waals surface area contributed by atoms with Crippen LogP contribution in [0.5, 0.6) is 23.0 Å². The third-order valence-corrected chi connectivity index (χ3v) is 4.97. The highest BCUT2D eigenvalue weighted by atomic mass is 16.5. The third kappa shape index (κ3) is 3.88. The zero-order valence-corrected chi connectivity index (χ0v) is 16.0. The van der Waals surface area contributed by atoms with Gasteiger partial charge in [0, 0.05) is 28.7 Å². The van der Waals surface area contributed by atoms with E-state index in [-0.39, 0.29) is 24.0 Å². The van der Waals surface area contributed by atoms with Gasteiger partial charge in [0.05, 0.1) is 20.3 Å². The molecule has 0 radical (unpaired) electrons. The Morgan fingerprint density at radius 2 is 2.04 bits per heavy atom. The van der Waals surface area contributed by atoms with Gasteiger partial charge in [0.15, 0.2) is 0 Å². The highest BCUT2D eigenvalue weighted by Crippen LogP contribution is 2.43. The van der Waals surface area contributed by atoms with Crippen LogP contribution in [0.25, 0.3) is 0 Å². The lowest BCUT2D eigenvalue weighted by molar-refractivity contribution is 0.249. The van der Waals surface area contributed by atoms with Crippen molar-refractivity contribution in [3.05, 3.63) is 58.2 Å². The zero-order valence-electron chi connectivity index (χ0n) is 16.0. The second-order valence-electron chi connectivity index (χ2n) is 7.12. The maximum Gasteiger partial charge on any atom is 0.129 e. The summed E-state index contributed by atoms with van der Waals surface area (Å²) in [6, 6.07) is 6.52. The number of aliphatic hydroxyl groups excluding tert-OH is 1. The maximum absolute atomic E-state index is 10.2. The molecule has 2 aromatic carbocycles. The molecule has 1 unspecified atom stereocenters. The number of fused-ring (bicyclic) bond motifs is 1. The largest absolute Gasteiger partial charge is 0.508 e. The normalized spacial score (nSPS) is 15.6. The molecule has 1 heterocycles. The van der Waals surface area contributed by atoms with Crippen molar-refractivity contribution >= 4 is 0 Å². The van der Waals surface area contributed by atoms with Crippen molar-refractivity contribution in [1.82, 2.24) is 0 Å². The number of allylic oxidation sites excluding steroid dienone is 2. The Morgan fingerprint density at radius 1 is 1.26 bits per heavy atom. The smallest absolute Gasteiger partial charge is 0.129 e. The highest BCUT2D eigenvalue weighted by Gasteiger charge is 2.29. The molecule has 0 fully saturated rings. The molecule has 0 aliphatic carbocycles. The number of aliphatic hydroxyl groups is 1. The van der Waals surface area contributed by atoms with E-state index in [9.17, 15) is 15.3 Å². The molecular formula is C22H26O5. The van der Waals surface area contributed by atoms with Crippen LogP contribution >= 0.6 is 0 Å². The lowest BCUT2D eigenvalue weighted by atomic mass is 9.86. The summed E-state index contributed by atoms with van der Waals surface area (Å²) in [7, 11) is 1.63. The lowest BCUT2D eigenvalue weighted by Gasteiger charge is -2.29. The van der Waals surface area contributed by atoms with E-state index in [1.165, 1.54) is 11.6 Å². The number of phenols is 2. The Balaban J connectivity index is 2.03. The van der Waals surface area contributed by atoms with Gasteiger partial charge in [-0.3, -0.25) is 0 Å². The van der Waals surface area contributed by atoms with Gasteiger partial charge in [-0.15, -0.1) is 0 Å². The van der Waals surface area contributed by atoms with E-state index in [0.717, 1.165) is 28.0 Å². The molecule has 3 rings (SSSR count). The maximum atomic E-state index is 10.2. The van der Waals surface area contributed by atoms with Crippen molar-refractivity contribution in [1.29, 1.82) is 0 Å². The number of aromatic hydroxyl groups is 2. The average Bonchev–Trinajstić information content (AvgIpc) is 2.64. The monoisotopic (exact) mass is 370 g/mol. The second kappa shape index (κ2) is 7.92. The quantitative estimate of drug-likeness (QED) is 0.697. The van der Waals surface area contributed by atoms with Gasteiger partial charge in [0.2, 0.25) is 0 Å². The summed E-state index contributed by atoms with van der Waals surface area (Å²) in [6.45, 7) is 4.40. The van der Waals surface area contributed by atoms with Crippen LogP contribution in [-0.2, 0) is 19.4 Å². The van der Waals surface area contributed by atoms with Crippen LogP contribution in [0.2, 0.25) is 0 Å². The number of ether oxygens (including phenoxy) is 2. The first-order chi connectivity index (χ1) is 12.9. The minimum atomic E-state index is -0.0822. The molecule has 144 valence electrons. The average molecular weight is 370 g/mol. The molecule has 0 saturated carbocycles. The molecule has 0 bridgehead atoms. The Hall–Kier alpha value is -2.66. The number of benzene rings is 2. The van der Waals surface area contributed by atoms with Gasteiger partial charge in [-0.25, -0.2) is 0 Å². The van der Waals surface area contributed by atoms with E-state index in [1.54, 1.807) is 19.2 Å². The molecule has 0 aromatic heterocycles. The minimum Gasteiger partial charge on any atom is -0.508 e. The molecule has 5 heteroatoms. The molecule has 27 heavy (non-hydrogen) atoms. The number of rotatable bonds is 5. The third-order valence-electron chi connectivity index (χ3n) is 4.97. The number of phenolic OH excluding ortho intramolecular Hbond substituents is 2. The Labute approximate surface area is 159 Å². The molecule has 0 saturated heterocycles. The summed E-state index contributed by atoms with van der Waals surface area (Å²) < 4.78 is 11.7. The molecule has 2 aromatic rings. The predicted molar refractivity (Wildman–Crippen MR) is 104 cm³/mol. The number of hydrogen-bond acceptors (Lipinski definition) is 5. The van der Waals surface area contributed by atoms with Crippen molar-refractivity contribution < 1.29 is 24.8 Å². The Kier molecular flexibility index (Phi) is 5.61. The fourth-order valence-electron chi connectivity index (χ4n) is 3.58. The van der Waals surface area contributed by atoms with Gasteiger partial charge in [-0.05, 0) is 44.4 Å². The first kappa shape index (κ1) is 19.1. The topological polar surface area (TPSA) is 79.2 Å². The standard InChI is InChI=1S/C22H26O5/c1-13(2)4-6-18-14(11-23)9-21-19(22(18)26-3)8-15(12-27-21)17-7-5-16(24)10-20(17)25/h4-5,7,9-10,15,23-25H,6,8,11-12H2,1-3H3. The molecule has 5 nitrogen and oxygen atoms in total. The van der Waals surface area contributed by atoms with E-state index in [4.69, 9.17) is 9.47 Å². The first-order valence-corrected chi connectivity index (χ1v) is 9.05. The summed E-state index contributed by atoms with van der Waals surface area (Å²) in [5.41, 5.74) is 4.63. The number of methoxy groups -OCH3 is 1. The van der Waals surface area contributed by atoms with Crippen molar-refractivity contribution in [3.63, 3.8) is 0 Å². The van der Waals surface area contributed by atoms with Crippen molar-refractivity contribution in [3.8, 4) is 23.0 Å². The molecule has 1 aliphatic heterocycles. The van der Waals surface area contributed by atoms with Crippen LogP contribution in [0.1, 0.15) is 42.0 Å². The lowest BCUT2D eigenvalue weighted by Crippen LogP contribution is -2.21. The highest BCUT2D eigenvalue weighted by molar-refractivity contribution is 5.57. The van der Waals surface area contributed by atoms with E-state index in [2.05, 4.69) is 6.08 Å². The van der Waals surface area contributed by atoms with Crippen LogP contribution in [0.15, 0.2) is 35.9 Å². The molecule has 0 amide bonds. The van der Waals surface area contributed by atoms with Gasteiger partial charge in [0.25, 0.3) is 0 Å². The fraction of sp³-hybridized carbons (Fsp3) is 0.364. The summed E-state index contributed by atoms with van der Waals surface area (Å²) in [5.74, 6) is 1.48. The van der Waals surface area contributed by atoms with E-state index >= 15 is 0 Å². The summed E-state index contributed by atoms with van der Waals surface area (Å²) >= 11 is 0. The zero-order chi connectivity index (χ0) is 19.6. The Bertz CT molecular complexity index is 865. The van der Waals surface area contributed by atoms with E-state index in [0.29, 0.717) is 25.2 Å². The SMILES string of the molecule is COc1c(CC=C(C)C)c(CO)cc2c1CC(c1ccc(O)cc1O)CO2. The van der Waals surface area contributed by atoms with Crippen molar-refractivity contribution in [2.45, 2.75) is 39.2 Å². The number of hydrogen-bond donors (Lipinski definition) is 3. The van der Waals surface area contributed by atoms with Gasteiger partial charge >= 0.3 is 0 Å². The van der Waals surface area contributed by atoms with E-state index in [1.807, 2.05) is 19.9 Å². The summed E-state index contributed by atoms with van der Waals surface area (Å²) in [4.78, 5) is 0. The van der Waals surface area contributed by atoms with Gasteiger partial charge in [0.1, 0.15) is 23.0 Å². The second-order valence-corrected chi connectivity index (χ2v) is 7.12. The van der Waals surface area contributed by atoms with Crippen molar-refractivity contribution in [2.24, 2.45) is 0 Å². The molecule has 3 N–H and O–H groups in total. The molecular weight excluding hydrogens is 344 g/mol. The predicted octanol–water partition coefficient (Wildman–Crippen LogP) is 3.83. The van der Waals surface area contributed by atoms with Gasteiger partial charge in [-0.2, -0.15) is 0 Å². The van der Waals surface area contributed by atoms with E-state index < -0.39 is 0 Å². The van der Waals surface area contributed by atoms with Crippen LogP contribution in [-0.4, -0.2) is 29.0 Å². The first-order valence-electron chi connectivity index (χ1n) is 9.05. The van der Waals surface area contributed by atoms with Crippen LogP contribution < -0.4 is 9.47 Å². The molecule has 1 atom stereocenters. The van der Waals surface area contributed by atoms with Gasteiger partial charge in [-0.1, -0.05) is 17.7 Å².